The third-order valence-corrected chi connectivity index (χ3v) is 5.71. The maximum absolute atomic E-state index is 12.8. The maximum Gasteiger partial charge on any atom is 0.258 e. The lowest BCUT2D eigenvalue weighted by Gasteiger charge is -2.07. The largest absolute Gasteiger partial charge is 0.298 e. The lowest BCUT2D eigenvalue weighted by atomic mass is 10.0. The second-order valence-corrected chi connectivity index (χ2v) is 7.40. The molecule has 0 radical (unpaired) electrons. The first kappa shape index (κ1) is 16.1. The van der Waals surface area contributed by atoms with E-state index in [0.29, 0.717) is 15.7 Å². The summed E-state index contributed by atoms with van der Waals surface area (Å²) in [5.41, 5.74) is 3.80. The molecule has 0 saturated heterocycles. The molecule has 0 saturated carbocycles. The Hall–Kier alpha value is -2.43. The summed E-state index contributed by atoms with van der Waals surface area (Å²) in [5.74, 6) is -0.178. The van der Waals surface area contributed by atoms with Gasteiger partial charge in [0.15, 0.2) is 5.13 Å². The monoisotopic (exact) mass is 366 g/mol. The van der Waals surface area contributed by atoms with E-state index in [9.17, 15) is 4.79 Å². The molecular weight excluding hydrogens is 352 g/mol. The fourth-order valence-electron chi connectivity index (χ4n) is 2.95. The number of aryl methyl sites for hydroxylation is 2. The van der Waals surface area contributed by atoms with Gasteiger partial charge in [-0.15, -0.1) is 0 Å². The molecule has 0 unspecified atom stereocenters. The fraction of sp³-hybridized carbons (Fsp3) is 0.100. The van der Waals surface area contributed by atoms with E-state index < -0.39 is 0 Å². The average Bonchev–Trinajstić information content (AvgIpc) is 3.03. The second-order valence-electron chi connectivity index (χ2n) is 5.99. The van der Waals surface area contributed by atoms with Crippen LogP contribution in [0.4, 0.5) is 5.13 Å². The van der Waals surface area contributed by atoms with Gasteiger partial charge < -0.3 is 0 Å². The molecule has 0 fully saturated rings. The van der Waals surface area contributed by atoms with Gasteiger partial charge in [0.25, 0.3) is 5.91 Å². The van der Waals surface area contributed by atoms with Crippen LogP contribution >= 0.6 is 22.9 Å². The van der Waals surface area contributed by atoms with Crippen LogP contribution in [-0.4, -0.2) is 10.9 Å². The molecule has 4 aromatic rings. The molecule has 124 valence electrons. The Balaban J connectivity index is 1.75. The van der Waals surface area contributed by atoms with Gasteiger partial charge in [-0.1, -0.05) is 59.3 Å². The van der Waals surface area contributed by atoms with Crippen LogP contribution in [0.15, 0.2) is 48.5 Å². The van der Waals surface area contributed by atoms with Gasteiger partial charge in [-0.05, 0) is 42.5 Å². The van der Waals surface area contributed by atoms with Crippen LogP contribution in [-0.2, 0) is 0 Å². The molecule has 4 rings (SSSR count). The van der Waals surface area contributed by atoms with Gasteiger partial charge in [-0.3, -0.25) is 10.1 Å². The quantitative estimate of drug-likeness (QED) is 0.474. The summed E-state index contributed by atoms with van der Waals surface area (Å²) in [7, 11) is 0. The summed E-state index contributed by atoms with van der Waals surface area (Å²) < 4.78 is 1.11. The zero-order valence-corrected chi connectivity index (χ0v) is 15.3. The highest BCUT2D eigenvalue weighted by molar-refractivity contribution is 7.22. The van der Waals surface area contributed by atoms with Crippen molar-refractivity contribution in [2.24, 2.45) is 0 Å². The Morgan fingerprint density at radius 1 is 1.00 bits per heavy atom. The van der Waals surface area contributed by atoms with Gasteiger partial charge in [-0.25, -0.2) is 4.98 Å². The van der Waals surface area contributed by atoms with Gasteiger partial charge in [0, 0.05) is 16.0 Å². The van der Waals surface area contributed by atoms with E-state index in [1.165, 1.54) is 11.3 Å². The summed E-state index contributed by atoms with van der Waals surface area (Å²) >= 11 is 7.74. The second kappa shape index (κ2) is 6.14. The summed E-state index contributed by atoms with van der Waals surface area (Å²) in [6.07, 6.45) is 0. The molecule has 0 bridgehead atoms. The number of amides is 1. The average molecular weight is 367 g/mol. The van der Waals surface area contributed by atoms with Crippen LogP contribution < -0.4 is 5.32 Å². The van der Waals surface area contributed by atoms with E-state index in [2.05, 4.69) is 29.4 Å². The summed E-state index contributed by atoms with van der Waals surface area (Å²) in [6.45, 7) is 4.08. The number of rotatable bonds is 2. The van der Waals surface area contributed by atoms with Crippen molar-refractivity contribution in [2.45, 2.75) is 13.8 Å². The number of anilines is 1. The van der Waals surface area contributed by atoms with E-state index in [-0.39, 0.29) is 5.91 Å². The molecule has 25 heavy (non-hydrogen) atoms. The maximum atomic E-state index is 12.8. The molecule has 5 heteroatoms. The summed E-state index contributed by atoms with van der Waals surface area (Å²) in [6, 6.07) is 15.3. The highest BCUT2D eigenvalue weighted by atomic mass is 35.5. The predicted octanol–water partition coefficient (Wildman–Crippen LogP) is 5.97. The third kappa shape index (κ3) is 2.77. The Kier molecular flexibility index (Phi) is 3.94. The van der Waals surface area contributed by atoms with Gasteiger partial charge in [0.05, 0.1) is 10.2 Å². The number of aromatic nitrogens is 1. The Morgan fingerprint density at radius 2 is 1.72 bits per heavy atom. The topological polar surface area (TPSA) is 42.0 Å². The van der Waals surface area contributed by atoms with E-state index in [1.54, 1.807) is 6.07 Å². The van der Waals surface area contributed by atoms with Crippen molar-refractivity contribution >= 4 is 55.0 Å². The van der Waals surface area contributed by atoms with Gasteiger partial charge in [-0.2, -0.15) is 0 Å². The van der Waals surface area contributed by atoms with Crippen molar-refractivity contribution in [1.29, 1.82) is 0 Å². The lowest BCUT2D eigenvalue weighted by Crippen LogP contribution is -2.12. The number of benzene rings is 3. The van der Waals surface area contributed by atoms with Crippen LogP contribution in [0.2, 0.25) is 5.02 Å². The van der Waals surface area contributed by atoms with Gasteiger partial charge in [0.1, 0.15) is 0 Å². The molecule has 3 aromatic carbocycles. The number of hydrogen-bond acceptors (Lipinski definition) is 3. The molecule has 3 nitrogen and oxygen atoms in total. The minimum Gasteiger partial charge on any atom is -0.298 e. The fourth-order valence-corrected chi connectivity index (χ4v) is 4.19. The molecule has 0 aliphatic heterocycles. The molecule has 1 amide bonds. The van der Waals surface area contributed by atoms with E-state index in [0.717, 1.165) is 32.1 Å². The number of nitrogens with zero attached hydrogens (tertiary/aromatic N) is 1. The van der Waals surface area contributed by atoms with Crippen LogP contribution in [0.1, 0.15) is 21.5 Å². The van der Waals surface area contributed by atoms with Crippen molar-refractivity contribution in [3.63, 3.8) is 0 Å². The molecule has 0 atom stereocenters. The van der Waals surface area contributed by atoms with Crippen molar-refractivity contribution < 1.29 is 4.79 Å². The molecule has 1 aromatic heterocycles. The molecule has 0 spiro atoms. The first-order valence-electron chi connectivity index (χ1n) is 7.90. The normalized spacial score (nSPS) is 11.2. The molecule has 0 aliphatic rings. The molecule has 1 N–H and O–H groups in total. The Morgan fingerprint density at radius 3 is 2.52 bits per heavy atom. The summed E-state index contributed by atoms with van der Waals surface area (Å²) in [4.78, 5) is 17.4. The number of thiazole rings is 1. The Labute approximate surface area is 154 Å². The number of halogens is 1. The lowest BCUT2D eigenvalue weighted by molar-refractivity contribution is 0.102. The number of fused-ring (bicyclic) bond motifs is 2. The third-order valence-electron chi connectivity index (χ3n) is 4.28. The van der Waals surface area contributed by atoms with Crippen molar-refractivity contribution in [3.8, 4) is 0 Å². The minimum atomic E-state index is -0.178. The van der Waals surface area contributed by atoms with Gasteiger partial charge in [0.2, 0.25) is 0 Å². The van der Waals surface area contributed by atoms with Crippen LogP contribution in [0.3, 0.4) is 0 Å². The highest BCUT2D eigenvalue weighted by Crippen LogP contribution is 2.32. The van der Waals surface area contributed by atoms with Crippen LogP contribution in [0, 0.1) is 13.8 Å². The summed E-state index contributed by atoms with van der Waals surface area (Å²) in [5, 5.41) is 5.89. The van der Waals surface area contributed by atoms with Gasteiger partial charge >= 0.3 is 0 Å². The molecule has 0 aliphatic carbocycles. The van der Waals surface area contributed by atoms with E-state index >= 15 is 0 Å². The number of hydrogen-bond donors (Lipinski definition) is 1. The highest BCUT2D eigenvalue weighted by Gasteiger charge is 2.15. The molecule has 1 heterocycles. The Bertz CT molecular complexity index is 1090. The first-order valence-corrected chi connectivity index (χ1v) is 9.09. The number of carbonyl (C=O) groups excluding carboxylic acids is 1. The standard InChI is InChI=1S/C20H15ClN2OS/c1-11-9-10-12(2)18-17(11)22-20(25-18)23-19(24)15-7-3-6-14-13(15)5-4-8-16(14)21/h3-10H,1-2H3,(H,22,23,24). The van der Waals surface area contributed by atoms with Crippen molar-refractivity contribution in [1.82, 2.24) is 4.98 Å². The first-order chi connectivity index (χ1) is 12.0. The predicted molar refractivity (Wildman–Crippen MR) is 106 cm³/mol. The van der Waals surface area contributed by atoms with Crippen LogP contribution in [0.25, 0.3) is 21.0 Å². The van der Waals surface area contributed by atoms with E-state index in [4.69, 9.17) is 11.6 Å². The molecular formula is C20H15ClN2OS. The van der Waals surface area contributed by atoms with Crippen LogP contribution in [0.5, 0.6) is 0 Å². The zero-order chi connectivity index (χ0) is 17.6. The van der Waals surface area contributed by atoms with Crippen molar-refractivity contribution in [2.75, 3.05) is 5.32 Å². The zero-order valence-electron chi connectivity index (χ0n) is 13.8. The smallest absolute Gasteiger partial charge is 0.258 e. The van der Waals surface area contributed by atoms with E-state index in [1.807, 2.05) is 37.3 Å². The number of carbonyl (C=O) groups is 1. The van der Waals surface area contributed by atoms with Crippen molar-refractivity contribution in [3.05, 3.63) is 70.2 Å². The minimum absolute atomic E-state index is 0.178. The number of nitrogens with one attached hydrogen (secondary N) is 1. The SMILES string of the molecule is Cc1ccc(C)c2sc(NC(=O)c3cccc4c(Cl)cccc34)nc12.